The van der Waals surface area contributed by atoms with Crippen molar-refractivity contribution in [2.45, 2.75) is 16.6 Å². The molecule has 1 aromatic carbocycles. The second-order valence-corrected chi connectivity index (χ2v) is 5.45. The van der Waals surface area contributed by atoms with E-state index in [0.29, 0.717) is 0 Å². The first-order valence-electron chi connectivity index (χ1n) is 6.49. The van der Waals surface area contributed by atoms with Crippen LogP contribution in [0.15, 0.2) is 64.8 Å². The van der Waals surface area contributed by atoms with E-state index in [2.05, 4.69) is 22.4 Å². The molecule has 0 bridgehead atoms. The summed E-state index contributed by atoms with van der Waals surface area (Å²) in [5.74, 6) is 0. The molecular formula is C16H15N3S. The van der Waals surface area contributed by atoms with E-state index in [4.69, 9.17) is 4.98 Å². The van der Waals surface area contributed by atoms with Crippen LogP contribution < -0.4 is 5.32 Å². The smallest absolute Gasteiger partial charge is 0.107 e. The van der Waals surface area contributed by atoms with E-state index in [1.165, 1.54) is 10.9 Å². The molecule has 100 valence electrons. The highest BCUT2D eigenvalue weighted by atomic mass is 32.2. The number of fused-ring (bicyclic) bond motifs is 1. The molecule has 0 unspecified atom stereocenters. The van der Waals surface area contributed by atoms with E-state index in [1.807, 2.05) is 43.4 Å². The number of aromatic nitrogens is 2. The third-order valence-corrected chi connectivity index (χ3v) is 3.97. The molecule has 0 saturated carbocycles. The summed E-state index contributed by atoms with van der Waals surface area (Å²) in [6.07, 6.45) is 1.81. The average molecular weight is 281 g/mol. The molecule has 0 aliphatic heterocycles. The van der Waals surface area contributed by atoms with Crippen molar-refractivity contribution in [2.75, 3.05) is 7.05 Å². The predicted octanol–water partition coefficient (Wildman–Crippen LogP) is 3.50. The summed E-state index contributed by atoms with van der Waals surface area (Å²) in [5.41, 5.74) is 2.22. The van der Waals surface area contributed by atoms with E-state index in [9.17, 15) is 0 Å². The topological polar surface area (TPSA) is 37.8 Å². The molecule has 3 rings (SSSR count). The summed E-state index contributed by atoms with van der Waals surface area (Å²) >= 11 is 1.61. The van der Waals surface area contributed by atoms with Gasteiger partial charge in [0, 0.05) is 18.1 Å². The molecule has 0 saturated heterocycles. The van der Waals surface area contributed by atoms with Crippen LogP contribution in [-0.4, -0.2) is 17.0 Å². The van der Waals surface area contributed by atoms with Gasteiger partial charge in [0.2, 0.25) is 0 Å². The maximum Gasteiger partial charge on any atom is 0.107 e. The van der Waals surface area contributed by atoms with Gasteiger partial charge in [0.15, 0.2) is 0 Å². The Morgan fingerprint density at radius 3 is 2.75 bits per heavy atom. The minimum absolute atomic E-state index is 0.799. The van der Waals surface area contributed by atoms with Crippen molar-refractivity contribution in [3.05, 3.63) is 60.3 Å². The maximum absolute atomic E-state index is 4.77. The lowest BCUT2D eigenvalue weighted by Crippen LogP contribution is -2.07. The molecule has 20 heavy (non-hydrogen) atoms. The van der Waals surface area contributed by atoms with Crippen LogP contribution in [0.1, 0.15) is 5.56 Å². The highest BCUT2D eigenvalue weighted by Crippen LogP contribution is 2.29. The number of nitrogens with one attached hydrogen (secondary N) is 1. The Hall–Kier alpha value is -1.91. The van der Waals surface area contributed by atoms with E-state index in [0.717, 1.165) is 22.1 Å². The van der Waals surface area contributed by atoms with Crippen molar-refractivity contribution in [1.29, 1.82) is 0 Å². The Balaban J connectivity index is 2.05. The summed E-state index contributed by atoms with van der Waals surface area (Å²) in [5, 5.41) is 6.35. The zero-order valence-electron chi connectivity index (χ0n) is 11.2. The van der Waals surface area contributed by atoms with E-state index >= 15 is 0 Å². The lowest BCUT2D eigenvalue weighted by molar-refractivity contribution is 0.793. The standard InChI is InChI=1S/C16H15N3S/c1-17-11-13-10-12-6-2-3-7-14(12)19-16(13)20-15-8-4-5-9-18-15/h2-10,17H,11H2,1H3. The largest absolute Gasteiger partial charge is 0.316 e. The quantitative estimate of drug-likeness (QED) is 0.794. The van der Waals surface area contributed by atoms with Gasteiger partial charge in [0.05, 0.1) is 5.52 Å². The summed E-state index contributed by atoms with van der Waals surface area (Å²) in [6.45, 7) is 0.799. The lowest BCUT2D eigenvalue weighted by atomic mass is 10.1. The first kappa shape index (κ1) is 13.1. The van der Waals surface area contributed by atoms with Crippen LogP contribution in [0.25, 0.3) is 10.9 Å². The second kappa shape index (κ2) is 6.03. The Labute approximate surface area is 122 Å². The molecule has 0 aliphatic rings. The molecule has 3 aromatic rings. The molecule has 0 atom stereocenters. The van der Waals surface area contributed by atoms with Gasteiger partial charge in [-0.3, -0.25) is 0 Å². The number of hydrogen-bond donors (Lipinski definition) is 1. The molecule has 2 aromatic heterocycles. The van der Waals surface area contributed by atoms with Gasteiger partial charge in [-0.1, -0.05) is 24.3 Å². The summed E-state index contributed by atoms with van der Waals surface area (Å²) in [4.78, 5) is 9.13. The second-order valence-electron chi connectivity index (χ2n) is 4.45. The van der Waals surface area contributed by atoms with Crippen LogP contribution >= 0.6 is 11.8 Å². The molecule has 0 spiro atoms. The van der Waals surface area contributed by atoms with Gasteiger partial charge in [-0.25, -0.2) is 9.97 Å². The molecule has 4 heteroatoms. The molecule has 0 fully saturated rings. The van der Waals surface area contributed by atoms with E-state index < -0.39 is 0 Å². The molecule has 2 heterocycles. The highest BCUT2D eigenvalue weighted by molar-refractivity contribution is 7.99. The Morgan fingerprint density at radius 1 is 1.10 bits per heavy atom. The molecule has 1 N–H and O–H groups in total. The molecule has 0 radical (unpaired) electrons. The third kappa shape index (κ3) is 2.81. The number of para-hydroxylation sites is 1. The number of rotatable bonds is 4. The predicted molar refractivity (Wildman–Crippen MR) is 82.9 cm³/mol. The Morgan fingerprint density at radius 2 is 1.95 bits per heavy atom. The zero-order valence-corrected chi connectivity index (χ0v) is 12.0. The van der Waals surface area contributed by atoms with Gasteiger partial charge in [0.1, 0.15) is 10.1 Å². The molecule has 0 aliphatic carbocycles. The van der Waals surface area contributed by atoms with Crippen molar-refractivity contribution in [3.63, 3.8) is 0 Å². The van der Waals surface area contributed by atoms with Crippen molar-refractivity contribution in [2.24, 2.45) is 0 Å². The van der Waals surface area contributed by atoms with E-state index in [-0.39, 0.29) is 0 Å². The van der Waals surface area contributed by atoms with Crippen molar-refractivity contribution in [3.8, 4) is 0 Å². The first-order valence-corrected chi connectivity index (χ1v) is 7.30. The van der Waals surface area contributed by atoms with Crippen LogP contribution in [-0.2, 0) is 6.54 Å². The normalized spacial score (nSPS) is 10.8. The Bertz CT molecular complexity index is 713. The maximum atomic E-state index is 4.77. The average Bonchev–Trinajstić information content (AvgIpc) is 2.49. The summed E-state index contributed by atoms with van der Waals surface area (Å²) in [6, 6.07) is 16.3. The van der Waals surface area contributed by atoms with Crippen molar-refractivity contribution in [1.82, 2.24) is 15.3 Å². The molecule has 3 nitrogen and oxygen atoms in total. The zero-order chi connectivity index (χ0) is 13.8. The van der Waals surface area contributed by atoms with Crippen LogP contribution in [0.2, 0.25) is 0 Å². The fraction of sp³-hybridized carbons (Fsp3) is 0.125. The van der Waals surface area contributed by atoms with Gasteiger partial charge in [-0.2, -0.15) is 0 Å². The number of nitrogens with zero attached hydrogens (tertiary/aromatic N) is 2. The van der Waals surface area contributed by atoms with Gasteiger partial charge in [-0.05, 0) is 48.6 Å². The monoisotopic (exact) mass is 281 g/mol. The highest BCUT2D eigenvalue weighted by Gasteiger charge is 2.08. The van der Waals surface area contributed by atoms with Gasteiger partial charge in [0.25, 0.3) is 0 Å². The lowest BCUT2D eigenvalue weighted by Gasteiger charge is -2.09. The van der Waals surface area contributed by atoms with Crippen LogP contribution in [0.5, 0.6) is 0 Å². The van der Waals surface area contributed by atoms with Crippen LogP contribution in [0.3, 0.4) is 0 Å². The molecule has 0 amide bonds. The first-order chi connectivity index (χ1) is 9.86. The van der Waals surface area contributed by atoms with Gasteiger partial charge >= 0.3 is 0 Å². The van der Waals surface area contributed by atoms with Crippen molar-refractivity contribution < 1.29 is 0 Å². The SMILES string of the molecule is CNCc1cc2ccccc2nc1Sc1ccccn1. The number of pyridine rings is 2. The number of benzene rings is 1. The molecular weight excluding hydrogens is 266 g/mol. The minimum Gasteiger partial charge on any atom is -0.316 e. The number of hydrogen-bond acceptors (Lipinski definition) is 4. The Kier molecular flexibility index (Phi) is 3.95. The van der Waals surface area contributed by atoms with Crippen LogP contribution in [0, 0.1) is 0 Å². The third-order valence-electron chi connectivity index (χ3n) is 2.97. The van der Waals surface area contributed by atoms with Gasteiger partial charge in [-0.15, -0.1) is 0 Å². The fourth-order valence-corrected chi connectivity index (χ4v) is 2.92. The van der Waals surface area contributed by atoms with Crippen LogP contribution in [0.4, 0.5) is 0 Å². The summed E-state index contributed by atoms with van der Waals surface area (Å²) < 4.78 is 0. The fourth-order valence-electron chi connectivity index (χ4n) is 2.05. The van der Waals surface area contributed by atoms with Crippen molar-refractivity contribution >= 4 is 22.7 Å². The summed E-state index contributed by atoms with van der Waals surface area (Å²) in [7, 11) is 1.95. The minimum atomic E-state index is 0.799. The van der Waals surface area contributed by atoms with Gasteiger partial charge < -0.3 is 5.32 Å². The van der Waals surface area contributed by atoms with E-state index in [1.54, 1.807) is 18.0 Å².